The molecule has 2 aromatic rings. The fourth-order valence-corrected chi connectivity index (χ4v) is 3.22. The van der Waals surface area contributed by atoms with E-state index in [4.69, 9.17) is 9.47 Å². The number of carbonyl (C=O) groups is 2. The van der Waals surface area contributed by atoms with Crippen molar-refractivity contribution in [3.8, 4) is 0 Å². The zero-order valence-electron chi connectivity index (χ0n) is 21.0. The third-order valence-electron chi connectivity index (χ3n) is 5.39. The van der Waals surface area contributed by atoms with Crippen LogP contribution in [0.1, 0.15) is 68.4 Å². The smallest absolute Gasteiger partial charge is 0.414 e. The van der Waals surface area contributed by atoms with Gasteiger partial charge in [-0.2, -0.15) is 0 Å². The Balaban J connectivity index is 1.83. The van der Waals surface area contributed by atoms with Crippen LogP contribution in [0.2, 0.25) is 0 Å². The predicted octanol–water partition coefficient (Wildman–Crippen LogP) is 4.88. The number of ether oxygens (including phenoxy) is 2. The van der Waals surface area contributed by atoms with Crippen molar-refractivity contribution in [1.82, 2.24) is 5.32 Å². The van der Waals surface area contributed by atoms with Gasteiger partial charge in [0.15, 0.2) is 0 Å². The number of nitrogens with one attached hydrogen (secondary N) is 1. The van der Waals surface area contributed by atoms with E-state index < -0.39 is 11.7 Å². The molecule has 7 nitrogen and oxygen atoms in total. The molecule has 0 aliphatic heterocycles. The molecule has 2 amide bonds. The summed E-state index contributed by atoms with van der Waals surface area (Å²) in [4.78, 5) is 26.6. The molecule has 0 saturated heterocycles. The number of anilines is 1. The first-order valence-electron chi connectivity index (χ1n) is 11.8. The number of aliphatic hydroxyl groups is 1. The second kappa shape index (κ2) is 13.1. The number of hydrogen-bond donors (Lipinski definition) is 2. The molecule has 0 saturated carbocycles. The molecule has 0 aliphatic carbocycles. The van der Waals surface area contributed by atoms with Crippen LogP contribution in [0.25, 0.3) is 0 Å². The molecule has 0 bridgehead atoms. The molecular weight excluding hydrogens is 432 g/mol. The molecule has 2 rings (SSSR count). The summed E-state index contributed by atoms with van der Waals surface area (Å²) < 4.78 is 11.2. The molecule has 7 heteroatoms. The van der Waals surface area contributed by atoms with E-state index in [0.717, 1.165) is 12.0 Å². The van der Waals surface area contributed by atoms with Crippen LogP contribution in [-0.2, 0) is 16.1 Å². The summed E-state index contributed by atoms with van der Waals surface area (Å²) in [5, 5.41) is 12.1. The molecular formula is C27H38N2O5. The largest absolute Gasteiger partial charge is 0.443 e. The minimum absolute atomic E-state index is 0.0659. The van der Waals surface area contributed by atoms with Crippen molar-refractivity contribution < 1.29 is 24.2 Å². The quantitative estimate of drug-likeness (QED) is 0.457. The van der Waals surface area contributed by atoms with Crippen molar-refractivity contribution in [3.05, 3.63) is 65.2 Å². The predicted molar refractivity (Wildman–Crippen MR) is 134 cm³/mol. The first-order chi connectivity index (χ1) is 16.1. The van der Waals surface area contributed by atoms with Gasteiger partial charge in [0.05, 0.1) is 26.4 Å². The van der Waals surface area contributed by atoms with Crippen molar-refractivity contribution in [2.24, 2.45) is 0 Å². The highest BCUT2D eigenvalue weighted by Crippen LogP contribution is 2.20. The monoisotopic (exact) mass is 470 g/mol. The summed E-state index contributed by atoms with van der Waals surface area (Å²) in [6.07, 6.45) is 0.587. The van der Waals surface area contributed by atoms with Gasteiger partial charge in [-0.15, -0.1) is 0 Å². The molecule has 2 N–H and O–H groups in total. The number of benzene rings is 2. The molecule has 186 valence electrons. The molecule has 1 atom stereocenters. The van der Waals surface area contributed by atoms with E-state index >= 15 is 0 Å². The van der Waals surface area contributed by atoms with Crippen LogP contribution in [0.15, 0.2) is 48.5 Å². The number of rotatable bonds is 11. The standard InChI is InChI=1S/C27H38N2O5/c1-6-20(2)22-9-11-23(12-10-22)25(31)28-15-17-33-18-16-29(26(32)34-27(3,4)5)24-13-7-21(19-30)8-14-24/h7-14,20,30H,6,15-19H2,1-5H3,(H,28,31). The minimum atomic E-state index is -0.627. The van der Waals surface area contributed by atoms with E-state index in [9.17, 15) is 14.7 Å². The lowest BCUT2D eigenvalue weighted by Crippen LogP contribution is -2.39. The van der Waals surface area contributed by atoms with Crippen molar-refractivity contribution in [2.75, 3.05) is 31.2 Å². The summed E-state index contributed by atoms with van der Waals surface area (Å²) in [5.74, 6) is 0.331. The fourth-order valence-electron chi connectivity index (χ4n) is 3.22. The Morgan fingerprint density at radius 3 is 2.24 bits per heavy atom. The lowest BCUT2D eigenvalue weighted by Gasteiger charge is -2.27. The van der Waals surface area contributed by atoms with Gasteiger partial charge < -0.3 is 19.9 Å². The number of carbonyl (C=O) groups excluding carboxylic acids is 2. The molecule has 0 radical (unpaired) electrons. The van der Waals surface area contributed by atoms with Gasteiger partial charge in [0.25, 0.3) is 5.91 Å². The molecule has 1 unspecified atom stereocenters. The van der Waals surface area contributed by atoms with Crippen LogP contribution >= 0.6 is 0 Å². The topological polar surface area (TPSA) is 88.1 Å². The van der Waals surface area contributed by atoms with Gasteiger partial charge in [-0.25, -0.2) is 4.79 Å². The van der Waals surface area contributed by atoms with Crippen LogP contribution in [0.5, 0.6) is 0 Å². The minimum Gasteiger partial charge on any atom is -0.443 e. The van der Waals surface area contributed by atoms with Gasteiger partial charge >= 0.3 is 6.09 Å². The third kappa shape index (κ3) is 8.80. The highest BCUT2D eigenvalue weighted by atomic mass is 16.6. The Morgan fingerprint density at radius 1 is 1.03 bits per heavy atom. The lowest BCUT2D eigenvalue weighted by atomic mass is 9.97. The number of hydrogen-bond acceptors (Lipinski definition) is 5. The molecule has 0 spiro atoms. The van der Waals surface area contributed by atoms with Crippen LogP contribution in [0, 0.1) is 0 Å². The van der Waals surface area contributed by atoms with Gasteiger partial charge in [-0.05, 0) is 68.5 Å². The summed E-state index contributed by atoms with van der Waals surface area (Å²) in [7, 11) is 0. The lowest BCUT2D eigenvalue weighted by molar-refractivity contribution is 0.0561. The van der Waals surface area contributed by atoms with Gasteiger partial charge in [0, 0.05) is 17.8 Å². The second-order valence-corrected chi connectivity index (χ2v) is 9.26. The van der Waals surface area contributed by atoms with E-state index in [-0.39, 0.29) is 19.1 Å². The Morgan fingerprint density at radius 2 is 1.68 bits per heavy atom. The maximum atomic E-state index is 12.7. The van der Waals surface area contributed by atoms with E-state index in [0.29, 0.717) is 36.9 Å². The van der Waals surface area contributed by atoms with Crippen molar-refractivity contribution >= 4 is 17.7 Å². The number of nitrogens with zero attached hydrogens (tertiary/aromatic N) is 1. The van der Waals surface area contributed by atoms with Crippen LogP contribution in [0.3, 0.4) is 0 Å². The molecule has 0 aliphatic rings. The zero-order valence-corrected chi connectivity index (χ0v) is 21.0. The van der Waals surface area contributed by atoms with E-state index in [1.807, 2.05) is 45.0 Å². The molecule has 0 aromatic heterocycles. The van der Waals surface area contributed by atoms with Gasteiger partial charge in [0.1, 0.15) is 5.60 Å². The number of amides is 2. The second-order valence-electron chi connectivity index (χ2n) is 9.26. The third-order valence-corrected chi connectivity index (χ3v) is 5.39. The Kier molecular flexibility index (Phi) is 10.5. The van der Waals surface area contributed by atoms with Crippen molar-refractivity contribution in [3.63, 3.8) is 0 Å². The molecule has 34 heavy (non-hydrogen) atoms. The number of aliphatic hydroxyl groups excluding tert-OH is 1. The van der Waals surface area contributed by atoms with Crippen molar-refractivity contribution in [2.45, 2.75) is 59.2 Å². The Hall–Kier alpha value is -2.90. The maximum absolute atomic E-state index is 12.7. The normalized spacial score (nSPS) is 12.2. The zero-order chi connectivity index (χ0) is 25.1. The van der Waals surface area contributed by atoms with E-state index in [1.165, 1.54) is 10.5 Å². The molecule has 2 aromatic carbocycles. The first kappa shape index (κ1) is 27.3. The average Bonchev–Trinajstić information content (AvgIpc) is 2.82. The Labute approximate surface area is 203 Å². The summed E-state index contributed by atoms with van der Waals surface area (Å²) in [6.45, 7) is 10.9. The van der Waals surface area contributed by atoms with Gasteiger partial charge in [0.2, 0.25) is 0 Å². The fraction of sp³-hybridized carbons (Fsp3) is 0.481. The van der Waals surface area contributed by atoms with Crippen LogP contribution < -0.4 is 10.2 Å². The summed E-state index contributed by atoms with van der Waals surface area (Å²) >= 11 is 0. The summed E-state index contributed by atoms with van der Waals surface area (Å²) in [6, 6.07) is 14.7. The van der Waals surface area contributed by atoms with Crippen LogP contribution in [-0.4, -0.2) is 49.0 Å². The van der Waals surface area contributed by atoms with Gasteiger partial charge in [-0.3, -0.25) is 9.69 Å². The van der Waals surface area contributed by atoms with Crippen molar-refractivity contribution in [1.29, 1.82) is 0 Å². The first-order valence-corrected chi connectivity index (χ1v) is 11.8. The van der Waals surface area contributed by atoms with E-state index in [1.54, 1.807) is 24.3 Å². The highest BCUT2D eigenvalue weighted by molar-refractivity contribution is 5.94. The average molecular weight is 471 g/mol. The summed E-state index contributed by atoms with van der Waals surface area (Å²) in [5.41, 5.74) is 2.63. The SMILES string of the molecule is CCC(C)c1ccc(C(=O)NCCOCCN(C(=O)OC(C)(C)C)c2ccc(CO)cc2)cc1. The molecule has 0 heterocycles. The van der Waals surface area contributed by atoms with E-state index in [2.05, 4.69) is 19.2 Å². The maximum Gasteiger partial charge on any atom is 0.414 e. The Bertz CT molecular complexity index is 904. The highest BCUT2D eigenvalue weighted by Gasteiger charge is 2.23. The van der Waals surface area contributed by atoms with Crippen LogP contribution in [0.4, 0.5) is 10.5 Å². The molecule has 0 fully saturated rings. The van der Waals surface area contributed by atoms with Gasteiger partial charge in [-0.1, -0.05) is 38.1 Å².